The number of nitrogens with two attached hydrogens (primary N) is 1. The molecule has 2 aromatic carbocycles. The number of halogens is 1. The molecule has 0 fully saturated rings. The van der Waals surface area contributed by atoms with Crippen molar-refractivity contribution in [2.75, 3.05) is 26.5 Å². The van der Waals surface area contributed by atoms with Crippen molar-refractivity contribution >= 4 is 24.0 Å². The molecule has 0 aromatic heterocycles. The number of carbonyl (C=O) groups excluding carboxylic acids is 1. The Hall–Kier alpha value is -2.40. The molecule has 0 aliphatic carbocycles. The van der Waals surface area contributed by atoms with Crippen LogP contribution < -0.4 is 15.2 Å². The summed E-state index contributed by atoms with van der Waals surface area (Å²) in [6, 6.07) is 9.41. The molecule has 5 nitrogen and oxygen atoms in total. The zero-order valence-electron chi connectivity index (χ0n) is 14.7. The minimum absolute atomic E-state index is 0. The molecule has 0 radical (unpaired) electrons. The van der Waals surface area contributed by atoms with Crippen molar-refractivity contribution in [2.45, 2.75) is 19.9 Å². The van der Waals surface area contributed by atoms with E-state index in [-0.39, 0.29) is 18.3 Å². The van der Waals surface area contributed by atoms with Gasteiger partial charge in [-0.2, -0.15) is 0 Å². The molecular weight excluding hydrogens is 340 g/mol. The van der Waals surface area contributed by atoms with Gasteiger partial charge in [0.05, 0.1) is 14.2 Å². The van der Waals surface area contributed by atoms with E-state index in [1.165, 1.54) is 5.56 Å². The van der Waals surface area contributed by atoms with Gasteiger partial charge in [0.2, 0.25) is 0 Å². The molecule has 0 spiro atoms. The Morgan fingerprint density at radius 2 is 1.72 bits per heavy atom. The van der Waals surface area contributed by atoms with E-state index in [1.54, 1.807) is 20.3 Å². The number of fused-ring (bicyclic) bond motifs is 1. The van der Waals surface area contributed by atoms with Gasteiger partial charge in [0.25, 0.3) is 5.91 Å². The van der Waals surface area contributed by atoms with Crippen molar-refractivity contribution in [3.63, 3.8) is 0 Å². The molecule has 0 bridgehead atoms. The van der Waals surface area contributed by atoms with Crippen LogP contribution in [0.4, 0.5) is 5.69 Å². The third kappa shape index (κ3) is 3.66. The molecular formula is C19H23ClN2O3. The summed E-state index contributed by atoms with van der Waals surface area (Å²) in [5, 5.41) is 0. The Bertz CT molecular complexity index is 792. The summed E-state index contributed by atoms with van der Waals surface area (Å²) >= 11 is 0. The molecule has 134 valence electrons. The van der Waals surface area contributed by atoms with E-state index in [1.807, 2.05) is 36.1 Å². The van der Waals surface area contributed by atoms with E-state index in [0.717, 1.165) is 23.3 Å². The Morgan fingerprint density at radius 3 is 2.36 bits per heavy atom. The molecule has 0 saturated carbocycles. The van der Waals surface area contributed by atoms with Crippen molar-refractivity contribution in [3.05, 3.63) is 52.6 Å². The minimum atomic E-state index is 0. The highest BCUT2D eigenvalue weighted by Crippen LogP contribution is 2.33. The van der Waals surface area contributed by atoms with Crippen molar-refractivity contribution in [3.8, 4) is 11.5 Å². The average molecular weight is 363 g/mol. The lowest BCUT2D eigenvalue weighted by atomic mass is 9.97. The molecule has 2 N–H and O–H groups in total. The molecule has 2 aromatic rings. The quantitative estimate of drug-likeness (QED) is 0.851. The summed E-state index contributed by atoms with van der Waals surface area (Å²) < 4.78 is 10.7. The number of methoxy groups -OCH3 is 2. The number of benzene rings is 2. The predicted molar refractivity (Wildman–Crippen MR) is 101 cm³/mol. The van der Waals surface area contributed by atoms with Crippen LogP contribution in [0.25, 0.3) is 0 Å². The number of anilines is 1. The molecule has 1 heterocycles. The highest BCUT2D eigenvalue weighted by molar-refractivity contribution is 5.96. The maximum absolute atomic E-state index is 12.9. The van der Waals surface area contributed by atoms with Crippen LogP contribution in [-0.4, -0.2) is 31.6 Å². The van der Waals surface area contributed by atoms with Crippen LogP contribution in [0.3, 0.4) is 0 Å². The van der Waals surface area contributed by atoms with Gasteiger partial charge in [0, 0.05) is 24.3 Å². The number of hydrogen-bond acceptors (Lipinski definition) is 4. The van der Waals surface area contributed by atoms with E-state index in [2.05, 4.69) is 0 Å². The van der Waals surface area contributed by atoms with Crippen LogP contribution in [0.1, 0.15) is 27.0 Å². The van der Waals surface area contributed by atoms with E-state index in [4.69, 9.17) is 15.2 Å². The van der Waals surface area contributed by atoms with Gasteiger partial charge in [-0.05, 0) is 54.3 Å². The second-order valence-corrected chi connectivity index (χ2v) is 6.03. The number of nitrogens with zero attached hydrogens (tertiary/aromatic N) is 1. The number of hydrogen-bond donors (Lipinski definition) is 1. The average Bonchev–Trinajstić information content (AvgIpc) is 2.61. The molecule has 0 saturated heterocycles. The lowest BCUT2D eigenvalue weighted by Crippen LogP contribution is -2.36. The molecule has 0 atom stereocenters. The minimum Gasteiger partial charge on any atom is -0.493 e. The van der Waals surface area contributed by atoms with Gasteiger partial charge < -0.3 is 20.1 Å². The van der Waals surface area contributed by atoms with Crippen molar-refractivity contribution in [1.29, 1.82) is 0 Å². The van der Waals surface area contributed by atoms with Gasteiger partial charge in [-0.1, -0.05) is 6.07 Å². The first kappa shape index (κ1) is 18.9. The summed E-state index contributed by atoms with van der Waals surface area (Å²) in [6.45, 7) is 3.16. The number of ether oxygens (including phenoxy) is 2. The molecule has 1 aliphatic rings. The van der Waals surface area contributed by atoms with E-state index in [0.29, 0.717) is 30.1 Å². The first-order valence-electron chi connectivity index (χ1n) is 7.92. The smallest absolute Gasteiger partial charge is 0.254 e. The van der Waals surface area contributed by atoms with E-state index in [9.17, 15) is 4.79 Å². The largest absolute Gasteiger partial charge is 0.493 e. The zero-order chi connectivity index (χ0) is 17.3. The number of nitrogen functional groups attached to an aromatic ring is 1. The highest BCUT2D eigenvalue weighted by atomic mass is 35.5. The van der Waals surface area contributed by atoms with Gasteiger partial charge >= 0.3 is 0 Å². The second-order valence-electron chi connectivity index (χ2n) is 6.03. The lowest BCUT2D eigenvalue weighted by molar-refractivity contribution is 0.0733. The fourth-order valence-electron chi connectivity index (χ4n) is 3.10. The van der Waals surface area contributed by atoms with Gasteiger partial charge in [0.15, 0.2) is 11.5 Å². The maximum atomic E-state index is 12.9. The Kier molecular flexibility index (Phi) is 5.80. The maximum Gasteiger partial charge on any atom is 0.254 e. The molecule has 25 heavy (non-hydrogen) atoms. The van der Waals surface area contributed by atoms with Crippen LogP contribution in [0.5, 0.6) is 11.5 Å². The summed E-state index contributed by atoms with van der Waals surface area (Å²) in [5.41, 5.74) is 10.3. The summed E-state index contributed by atoms with van der Waals surface area (Å²) in [4.78, 5) is 14.7. The second kappa shape index (κ2) is 7.66. The van der Waals surface area contributed by atoms with Gasteiger partial charge in [-0.15, -0.1) is 12.4 Å². The van der Waals surface area contributed by atoms with E-state index < -0.39 is 0 Å². The molecule has 0 unspecified atom stereocenters. The standard InChI is InChI=1S/C19H22N2O3.ClH/c1-12-4-5-15(20)10-16(12)19(22)21-7-6-13-8-17(23-2)18(24-3)9-14(13)11-21;/h4-5,8-10H,6-7,11,20H2,1-3H3;1H. The van der Waals surface area contributed by atoms with E-state index >= 15 is 0 Å². The molecule has 1 amide bonds. The molecule has 3 rings (SSSR count). The SMILES string of the molecule is COc1cc2c(cc1OC)CN(C(=O)c1cc(N)ccc1C)CC2.Cl. The topological polar surface area (TPSA) is 64.8 Å². The molecule has 6 heteroatoms. The summed E-state index contributed by atoms with van der Waals surface area (Å²) in [6.07, 6.45) is 0.794. The fraction of sp³-hybridized carbons (Fsp3) is 0.316. The normalized spacial score (nSPS) is 12.8. The first-order valence-corrected chi connectivity index (χ1v) is 7.92. The zero-order valence-corrected chi connectivity index (χ0v) is 15.5. The van der Waals surface area contributed by atoms with Gasteiger partial charge in [0.1, 0.15) is 0 Å². The van der Waals surface area contributed by atoms with Crippen LogP contribution in [0.2, 0.25) is 0 Å². The first-order chi connectivity index (χ1) is 11.5. The van der Waals surface area contributed by atoms with Gasteiger partial charge in [-0.25, -0.2) is 0 Å². The van der Waals surface area contributed by atoms with Crippen molar-refractivity contribution in [2.24, 2.45) is 0 Å². The predicted octanol–water partition coefficient (Wildman–Crippen LogP) is 3.21. The van der Waals surface area contributed by atoms with Crippen LogP contribution >= 0.6 is 12.4 Å². The number of carbonyl (C=O) groups is 1. The summed E-state index contributed by atoms with van der Waals surface area (Å²) in [7, 11) is 3.25. The third-order valence-corrected chi connectivity index (χ3v) is 4.50. The van der Waals surface area contributed by atoms with Crippen molar-refractivity contribution in [1.82, 2.24) is 4.90 Å². The monoisotopic (exact) mass is 362 g/mol. The van der Waals surface area contributed by atoms with Crippen LogP contribution in [0.15, 0.2) is 30.3 Å². The van der Waals surface area contributed by atoms with Crippen LogP contribution in [0, 0.1) is 6.92 Å². The number of rotatable bonds is 3. The molecule has 1 aliphatic heterocycles. The van der Waals surface area contributed by atoms with Crippen molar-refractivity contribution < 1.29 is 14.3 Å². The fourth-order valence-corrected chi connectivity index (χ4v) is 3.10. The Morgan fingerprint density at radius 1 is 1.08 bits per heavy atom. The number of aryl methyl sites for hydroxylation is 1. The third-order valence-electron chi connectivity index (χ3n) is 4.50. The summed E-state index contributed by atoms with van der Waals surface area (Å²) in [5.74, 6) is 1.42. The number of amides is 1. The highest BCUT2D eigenvalue weighted by Gasteiger charge is 2.24. The van der Waals surface area contributed by atoms with Gasteiger partial charge in [-0.3, -0.25) is 4.79 Å². The lowest BCUT2D eigenvalue weighted by Gasteiger charge is -2.30. The Balaban J connectivity index is 0.00000225. The Labute approximate surface area is 154 Å². The van der Waals surface area contributed by atoms with Crippen LogP contribution in [-0.2, 0) is 13.0 Å².